The highest BCUT2D eigenvalue weighted by Crippen LogP contribution is 2.23. The van der Waals surface area contributed by atoms with Crippen molar-refractivity contribution in [2.45, 2.75) is 33.6 Å². The summed E-state index contributed by atoms with van der Waals surface area (Å²) in [6.45, 7) is 5.78. The van der Waals surface area contributed by atoms with Crippen LogP contribution in [0.1, 0.15) is 33.6 Å². The number of allylic oxidation sites excluding steroid dienone is 1. The van der Waals surface area contributed by atoms with E-state index >= 15 is 0 Å². The van der Waals surface area contributed by atoms with Crippen LogP contribution in [-0.2, 0) is 14.3 Å². The van der Waals surface area contributed by atoms with E-state index in [1.807, 2.05) is 13.0 Å². The number of carbonyl (C=O) groups is 2. The Hall–Kier alpha value is -1.12. The largest absolute Gasteiger partial charge is 0.465 e. The normalized spacial score (nSPS) is 15.1. The average Bonchev–Trinajstić information content (AvgIpc) is 2.21. The van der Waals surface area contributed by atoms with Crippen molar-refractivity contribution in [2.24, 2.45) is 5.41 Å². The molecule has 0 unspecified atom stereocenters. The predicted octanol–water partition coefficient (Wildman–Crippen LogP) is 2.11. The van der Waals surface area contributed by atoms with Gasteiger partial charge in [-0.25, -0.2) is 0 Å². The van der Waals surface area contributed by atoms with Crippen LogP contribution < -0.4 is 0 Å². The fourth-order valence-electron chi connectivity index (χ4n) is 1.09. The lowest BCUT2D eigenvalue weighted by molar-refractivity contribution is -0.154. The van der Waals surface area contributed by atoms with Gasteiger partial charge in [0, 0.05) is 0 Å². The first-order valence-electron chi connectivity index (χ1n) is 4.98. The summed E-state index contributed by atoms with van der Waals surface area (Å²) in [5.41, 5.74) is -1.08. The van der Waals surface area contributed by atoms with Crippen LogP contribution in [0.5, 0.6) is 0 Å². The lowest BCUT2D eigenvalue weighted by atomic mass is 9.86. The zero-order valence-corrected chi connectivity index (χ0v) is 9.08. The quantitative estimate of drug-likeness (QED) is 0.284. The van der Waals surface area contributed by atoms with Crippen molar-refractivity contribution in [3.05, 3.63) is 12.2 Å². The van der Waals surface area contributed by atoms with Gasteiger partial charge in [-0.1, -0.05) is 26.0 Å². The summed E-state index contributed by atoms with van der Waals surface area (Å²) in [4.78, 5) is 22.5. The summed E-state index contributed by atoms with van der Waals surface area (Å²) in [5.74, 6) is -0.456. The van der Waals surface area contributed by atoms with E-state index in [1.54, 1.807) is 19.9 Å². The van der Waals surface area contributed by atoms with Crippen LogP contribution in [0, 0.1) is 5.41 Å². The molecule has 80 valence electrons. The molecule has 0 N–H and O–H groups in total. The molecule has 0 aliphatic carbocycles. The lowest BCUT2D eigenvalue weighted by Gasteiger charge is -2.19. The zero-order valence-electron chi connectivity index (χ0n) is 9.08. The third-order valence-electron chi connectivity index (χ3n) is 2.10. The Morgan fingerprint density at radius 2 is 2.00 bits per heavy atom. The smallest absolute Gasteiger partial charge is 0.323 e. The van der Waals surface area contributed by atoms with Crippen LogP contribution in [-0.4, -0.2) is 18.9 Å². The first-order chi connectivity index (χ1) is 6.66. The highest BCUT2D eigenvalue weighted by Gasteiger charge is 2.35. The first-order valence-corrected chi connectivity index (χ1v) is 4.98. The first kappa shape index (κ1) is 12.9. The van der Waals surface area contributed by atoms with Crippen molar-refractivity contribution in [1.29, 1.82) is 0 Å². The van der Waals surface area contributed by atoms with Gasteiger partial charge in [0.1, 0.15) is 11.7 Å². The van der Waals surface area contributed by atoms with E-state index in [1.165, 1.54) is 0 Å². The molecular formula is C11H18O3. The summed E-state index contributed by atoms with van der Waals surface area (Å²) in [6.07, 6.45) is 5.35. The van der Waals surface area contributed by atoms with Gasteiger partial charge in [0.2, 0.25) is 0 Å². The number of carbonyl (C=O) groups excluding carboxylic acids is 2. The number of hydrogen-bond donors (Lipinski definition) is 0. The monoisotopic (exact) mass is 198 g/mol. The molecule has 0 aliphatic rings. The summed E-state index contributed by atoms with van der Waals surface area (Å²) in [7, 11) is 0. The van der Waals surface area contributed by atoms with E-state index in [9.17, 15) is 9.59 Å². The molecule has 0 saturated heterocycles. The van der Waals surface area contributed by atoms with Gasteiger partial charge in [0.05, 0.1) is 6.61 Å². The Kier molecular flexibility index (Phi) is 5.84. The molecule has 0 aromatic heterocycles. The molecular weight excluding hydrogens is 180 g/mol. The molecule has 0 rings (SSSR count). The third-order valence-corrected chi connectivity index (χ3v) is 2.10. The van der Waals surface area contributed by atoms with Crippen LogP contribution in [0.25, 0.3) is 0 Å². The molecule has 0 aromatic carbocycles. The Morgan fingerprint density at radius 3 is 2.36 bits per heavy atom. The molecule has 1 atom stereocenters. The molecule has 3 nitrogen and oxygen atoms in total. The van der Waals surface area contributed by atoms with Gasteiger partial charge < -0.3 is 9.53 Å². The number of rotatable bonds is 6. The van der Waals surface area contributed by atoms with E-state index in [2.05, 4.69) is 0 Å². The average molecular weight is 198 g/mol. The molecule has 0 radical (unpaired) electrons. The van der Waals surface area contributed by atoms with E-state index in [0.717, 1.165) is 6.42 Å². The Bertz CT molecular complexity index is 221. The highest BCUT2D eigenvalue weighted by atomic mass is 16.5. The van der Waals surface area contributed by atoms with Crippen LogP contribution in [0.15, 0.2) is 12.2 Å². The van der Waals surface area contributed by atoms with Gasteiger partial charge in [-0.05, 0) is 19.8 Å². The maximum Gasteiger partial charge on any atom is 0.323 e. The minimum atomic E-state index is -1.08. The van der Waals surface area contributed by atoms with Gasteiger partial charge in [0.15, 0.2) is 0 Å². The number of aldehydes is 1. The topological polar surface area (TPSA) is 43.4 Å². The van der Waals surface area contributed by atoms with Gasteiger partial charge in [0.25, 0.3) is 0 Å². The minimum Gasteiger partial charge on any atom is -0.465 e. The molecule has 0 fully saturated rings. The fraction of sp³-hybridized carbons (Fsp3) is 0.636. The predicted molar refractivity (Wildman–Crippen MR) is 54.9 cm³/mol. The molecule has 14 heavy (non-hydrogen) atoms. The number of esters is 1. The Balaban J connectivity index is 4.76. The van der Waals surface area contributed by atoms with Crippen LogP contribution in [0.3, 0.4) is 0 Å². The Labute approximate surface area is 85.1 Å². The second kappa shape index (κ2) is 6.35. The molecule has 3 heteroatoms. The van der Waals surface area contributed by atoms with Crippen molar-refractivity contribution in [1.82, 2.24) is 0 Å². The summed E-state index contributed by atoms with van der Waals surface area (Å²) >= 11 is 0. The number of hydrogen-bond acceptors (Lipinski definition) is 3. The number of ether oxygens (including phenoxy) is 1. The van der Waals surface area contributed by atoms with Gasteiger partial charge in [-0.3, -0.25) is 4.79 Å². The maximum absolute atomic E-state index is 11.5. The van der Waals surface area contributed by atoms with Gasteiger partial charge >= 0.3 is 5.97 Å². The zero-order chi connectivity index (χ0) is 11.0. The second-order valence-electron chi connectivity index (χ2n) is 3.04. The van der Waals surface area contributed by atoms with E-state index in [-0.39, 0.29) is 0 Å². The maximum atomic E-state index is 11.5. The standard InChI is InChI=1S/C11H18O3/c1-4-7-8-11(5-2,9-12)10(13)14-6-3/h7-9H,4-6H2,1-3H3/t11-/m0/s1. The van der Waals surface area contributed by atoms with Crippen LogP contribution in [0.2, 0.25) is 0 Å². The van der Waals surface area contributed by atoms with Crippen molar-refractivity contribution < 1.29 is 14.3 Å². The van der Waals surface area contributed by atoms with Crippen molar-refractivity contribution in [3.63, 3.8) is 0 Å². The lowest BCUT2D eigenvalue weighted by Crippen LogP contribution is -2.32. The van der Waals surface area contributed by atoms with Crippen LogP contribution >= 0.6 is 0 Å². The molecule has 0 amide bonds. The van der Waals surface area contributed by atoms with Crippen LogP contribution in [0.4, 0.5) is 0 Å². The molecule has 0 bridgehead atoms. The molecule has 0 aromatic rings. The highest BCUT2D eigenvalue weighted by molar-refractivity contribution is 5.95. The molecule has 0 heterocycles. The molecule has 0 saturated carbocycles. The van der Waals surface area contributed by atoms with E-state index in [0.29, 0.717) is 19.3 Å². The molecule has 0 aliphatic heterocycles. The minimum absolute atomic E-state index is 0.300. The van der Waals surface area contributed by atoms with E-state index < -0.39 is 11.4 Å². The summed E-state index contributed by atoms with van der Waals surface area (Å²) < 4.78 is 4.86. The van der Waals surface area contributed by atoms with Crippen molar-refractivity contribution in [2.75, 3.05) is 6.61 Å². The van der Waals surface area contributed by atoms with Crippen molar-refractivity contribution in [3.8, 4) is 0 Å². The van der Waals surface area contributed by atoms with Crippen molar-refractivity contribution >= 4 is 12.3 Å². The SMILES string of the molecule is CCC=C[C@](C=O)(CC)C(=O)OCC. The van der Waals surface area contributed by atoms with Gasteiger partial charge in [-0.15, -0.1) is 0 Å². The molecule has 0 spiro atoms. The second-order valence-corrected chi connectivity index (χ2v) is 3.04. The Morgan fingerprint density at radius 1 is 1.36 bits per heavy atom. The summed E-state index contributed by atoms with van der Waals surface area (Å²) in [5, 5.41) is 0. The fourth-order valence-corrected chi connectivity index (χ4v) is 1.09. The third kappa shape index (κ3) is 2.98. The summed E-state index contributed by atoms with van der Waals surface area (Å²) in [6, 6.07) is 0. The van der Waals surface area contributed by atoms with Gasteiger partial charge in [-0.2, -0.15) is 0 Å². The van der Waals surface area contributed by atoms with E-state index in [4.69, 9.17) is 4.74 Å².